The van der Waals surface area contributed by atoms with E-state index in [4.69, 9.17) is 0 Å². The van der Waals surface area contributed by atoms with Crippen LogP contribution >= 0.6 is 0 Å². The normalized spacial score (nSPS) is 24.0. The van der Waals surface area contributed by atoms with Crippen molar-refractivity contribution in [1.82, 2.24) is 9.88 Å². The number of hydrogen-bond acceptors (Lipinski definition) is 5. The highest BCUT2D eigenvalue weighted by atomic mass is 19.3. The first-order chi connectivity index (χ1) is 13.4. The molecule has 0 radical (unpaired) electrons. The highest BCUT2D eigenvalue weighted by Gasteiger charge is 2.36. The third-order valence-electron chi connectivity index (χ3n) is 5.38. The molecule has 4 heterocycles. The summed E-state index contributed by atoms with van der Waals surface area (Å²) in [5.41, 5.74) is 2.64. The van der Waals surface area contributed by atoms with Gasteiger partial charge < -0.3 is 4.90 Å². The van der Waals surface area contributed by atoms with Gasteiger partial charge in [-0.25, -0.2) is 18.8 Å². The molecule has 3 aliphatic heterocycles. The monoisotopic (exact) mass is 385 g/mol. The minimum Gasteiger partial charge on any atom is -0.338 e. The summed E-state index contributed by atoms with van der Waals surface area (Å²) in [6.45, 7) is 4.82. The topological polar surface area (TPSA) is 70.3 Å². The number of amidine groups is 1. The van der Waals surface area contributed by atoms with Gasteiger partial charge in [0.05, 0.1) is 11.3 Å². The standard InChI is InChI=1S/C20H21F2N5O/c1-11-5-6-14(12(2)25-11)20(28)27-7-3-4-13(9-27)15-8-16(18(21)22)26-19-17(15)23-10-24-19/h5-6,8,10,13,17-18H,3-4,7,9H2,1-2H3/t13-,17?/m0/s1. The summed E-state index contributed by atoms with van der Waals surface area (Å²) < 4.78 is 26.6. The Hall–Kier alpha value is -2.77. The van der Waals surface area contributed by atoms with Crippen LogP contribution in [0.3, 0.4) is 0 Å². The number of piperidine rings is 1. The molecule has 0 N–H and O–H groups in total. The Morgan fingerprint density at radius 1 is 1.29 bits per heavy atom. The molecule has 0 bridgehead atoms. The number of carbonyl (C=O) groups excluding carboxylic acids is 1. The summed E-state index contributed by atoms with van der Waals surface area (Å²) in [6, 6.07) is 3.22. The molecule has 4 rings (SSSR count). The van der Waals surface area contributed by atoms with Gasteiger partial charge in [0.25, 0.3) is 12.3 Å². The van der Waals surface area contributed by atoms with Crippen LogP contribution in [0.1, 0.15) is 34.6 Å². The number of rotatable bonds is 3. The van der Waals surface area contributed by atoms with Crippen LogP contribution in [0.5, 0.6) is 0 Å². The van der Waals surface area contributed by atoms with Crippen molar-refractivity contribution in [3.63, 3.8) is 0 Å². The predicted molar refractivity (Wildman–Crippen MR) is 104 cm³/mol. The van der Waals surface area contributed by atoms with E-state index in [0.717, 1.165) is 24.1 Å². The molecule has 6 nitrogen and oxygen atoms in total. The number of halogens is 2. The Morgan fingerprint density at radius 3 is 2.86 bits per heavy atom. The molecule has 1 unspecified atom stereocenters. The van der Waals surface area contributed by atoms with Gasteiger partial charge in [-0.15, -0.1) is 0 Å². The van der Waals surface area contributed by atoms with Gasteiger partial charge in [-0.3, -0.25) is 14.8 Å². The lowest BCUT2D eigenvalue weighted by molar-refractivity contribution is 0.0688. The number of fused-ring (bicyclic) bond motifs is 1. The summed E-state index contributed by atoms with van der Waals surface area (Å²) in [5, 5.41) is 0. The fraction of sp³-hybridized carbons (Fsp3) is 0.450. The molecule has 0 saturated carbocycles. The predicted octanol–water partition coefficient (Wildman–Crippen LogP) is 3.01. The molecule has 1 amide bonds. The average Bonchev–Trinajstić information content (AvgIpc) is 3.15. The number of hydrogen-bond donors (Lipinski definition) is 0. The van der Waals surface area contributed by atoms with Crippen molar-refractivity contribution in [1.29, 1.82) is 0 Å². The maximum atomic E-state index is 13.3. The third-order valence-corrected chi connectivity index (χ3v) is 5.38. The lowest BCUT2D eigenvalue weighted by Crippen LogP contribution is -2.43. The van der Waals surface area contributed by atoms with E-state index in [2.05, 4.69) is 20.0 Å². The van der Waals surface area contributed by atoms with Gasteiger partial charge in [0.1, 0.15) is 18.1 Å². The number of dihydropyridines is 1. The van der Waals surface area contributed by atoms with E-state index < -0.39 is 12.5 Å². The molecule has 1 aromatic rings. The summed E-state index contributed by atoms with van der Waals surface area (Å²) in [4.78, 5) is 31.5. The number of likely N-dealkylation sites (tertiary alicyclic amines) is 1. The molecule has 3 aliphatic rings. The van der Waals surface area contributed by atoms with Crippen molar-refractivity contribution in [2.45, 2.75) is 39.2 Å². The van der Waals surface area contributed by atoms with E-state index in [1.54, 1.807) is 11.0 Å². The van der Waals surface area contributed by atoms with E-state index in [9.17, 15) is 13.6 Å². The van der Waals surface area contributed by atoms with Gasteiger partial charge in [0.15, 0.2) is 5.84 Å². The van der Waals surface area contributed by atoms with Crippen LogP contribution in [-0.4, -0.2) is 59.2 Å². The zero-order valence-electron chi connectivity index (χ0n) is 15.8. The van der Waals surface area contributed by atoms with Gasteiger partial charge >= 0.3 is 0 Å². The van der Waals surface area contributed by atoms with E-state index in [1.165, 1.54) is 12.4 Å². The lowest BCUT2D eigenvalue weighted by atomic mass is 9.83. The molecule has 8 heteroatoms. The maximum absolute atomic E-state index is 13.3. The van der Waals surface area contributed by atoms with Crippen LogP contribution in [0, 0.1) is 19.8 Å². The van der Waals surface area contributed by atoms with Crippen molar-refractivity contribution in [2.24, 2.45) is 20.9 Å². The van der Waals surface area contributed by atoms with E-state index in [1.807, 2.05) is 19.9 Å². The second-order valence-corrected chi connectivity index (χ2v) is 7.31. The molecule has 1 aromatic heterocycles. The highest BCUT2D eigenvalue weighted by molar-refractivity contribution is 6.14. The third kappa shape index (κ3) is 3.39. The first kappa shape index (κ1) is 18.6. The SMILES string of the molecule is Cc1ccc(C(=O)N2CCC[C@H](C3=CC(C(F)F)=NC4=NC=NC34)C2)c(C)n1. The smallest absolute Gasteiger partial charge is 0.280 e. The van der Waals surface area contributed by atoms with E-state index >= 15 is 0 Å². The van der Waals surface area contributed by atoms with E-state index in [-0.39, 0.29) is 17.5 Å². The van der Waals surface area contributed by atoms with Crippen LogP contribution in [0.4, 0.5) is 8.78 Å². The van der Waals surface area contributed by atoms with E-state index in [0.29, 0.717) is 30.2 Å². The Kier molecular flexibility index (Phi) is 4.87. The largest absolute Gasteiger partial charge is 0.338 e. The van der Waals surface area contributed by atoms with Crippen molar-refractivity contribution in [3.8, 4) is 0 Å². The Labute approximate surface area is 161 Å². The van der Waals surface area contributed by atoms with Crippen LogP contribution in [-0.2, 0) is 0 Å². The minimum atomic E-state index is -2.66. The first-order valence-corrected chi connectivity index (χ1v) is 9.35. The molecule has 2 atom stereocenters. The number of aromatic nitrogens is 1. The van der Waals surface area contributed by atoms with Crippen LogP contribution < -0.4 is 0 Å². The second-order valence-electron chi connectivity index (χ2n) is 7.31. The lowest BCUT2D eigenvalue weighted by Gasteiger charge is -2.36. The van der Waals surface area contributed by atoms with Crippen molar-refractivity contribution < 1.29 is 13.6 Å². The highest BCUT2D eigenvalue weighted by Crippen LogP contribution is 2.32. The molecule has 0 spiro atoms. The van der Waals surface area contributed by atoms with Crippen molar-refractivity contribution in [3.05, 3.63) is 40.7 Å². The molecule has 0 aromatic carbocycles. The summed E-state index contributed by atoms with van der Waals surface area (Å²) in [5.74, 6) is 0.193. The minimum absolute atomic E-state index is 0.0499. The fourth-order valence-electron chi connectivity index (χ4n) is 4.01. The Balaban J connectivity index is 1.58. The molecular weight excluding hydrogens is 364 g/mol. The van der Waals surface area contributed by atoms with Crippen molar-refractivity contribution in [2.75, 3.05) is 13.1 Å². The zero-order chi connectivity index (χ0) is 19.8. The zero-order valence-corrected chi connectivity index (χ0v) is 15.8. The molecule has 28 heavy (non-hydrogen) atoms. The first-order valence-electron chi connectivity index (χ1n) is 9.35. The number of pyridine rings is 1. The number of allylic oxidation sites excluding steroid dienone is 1. The van der Waals surface area contributed by atoms with Crippen LogP contribution in [0.15, 0.2) is 38.8 Å². The number of aliphatic imine (C=N–C) groups is 3. The number of amides is 1. The Morgan fingerprint density at radius 2 is 2.11 bits per heavy atom. The second kappa shape index (κ2) is 7.33. The molecule has 1 fully saturated rings. The average molecular weight is 385 g/mol. The summed E-state index contributed by atoms with van der Waals surface area (Å²) >= 11 is 0. The van der Waals surface area contributed by atoms with Gasteiger partial charge in [-0.1, -0.05) is 0 Å². The maximum Gasteiger partial charge on any atom is 0.280 e. The number of alkyl halides is 2. The number of carbonyl (C=O) groups is 1. The van der Waals surface area contributed by atoms with Crippen molar-refractivity contribution >= 4 is 23.8 Å². The van der Waals surface area contributed by atoms with Gasteiger partial charge in [0, 0.05) is 24.7 Å². The van der Waals surface area contributed by atoms with Crippen LogP contribution in [0.25, 0.3) is 0 Å². The van der Waals surface area contributed by atoms with Gasteiger partial charge in [0.2, 0.25) is 0 Å². The molecule has 146 valence electrons. The van der Waals surface area contributed by atoms with Crippen LogP contribution in [0.2, 0.25) is 0 Å². The number of aryl methyl sites for hydroxylation is 2. The molecule has 1 saturated heterocycles. The molecular formula is C20H21F2N5O. The quantitative estimate of drug-likeness (QED) is 0.803. The Bertz CT molecular complexity index is 935. The van der Waals surface area contributed by atoms with Gasteiger partial charge in [-0.05, 0) is 50.5 Å². The fourth-order valence-corrected chi connectivity index (χ4v) is 4.01. The summed E-state index contributed by atoms with van der Waals surface area (Å²) in [6.07, 6.45) is 1.78. The molecule has 0 aliphatic carbocycles. The van der Waals surface area contributed by atoms with Gasteiger partial charge in [-0.2, -0.15) is 0 Å². The number of nitrogens with zero attached hydrogens (tertiary/aromatic N) is 5. The summed E-state index contributed by atoms with van der Waals surface area (Å²) in [7, 11) is 0.